The first-order valence-corrected chi connectivity index (χ1v) is 6.32. The normalized spacial score (nSPS) is 11.6. The van der Waals surface area contributed by atoms with Crippen LogP contribution in [0.1, 0.15) is 34.8 Å². The summed E-state index contributed by atoms with van der Waals surface area (Å²) in [5.74, 6) is -0.466. The van der Waals surface area contributed by atoms with E-state index >= 15 is 0 Å². The topological polar surface area (TPSA) is 17.1 Å². The molecule has 0 atom stereocenters. The van der Waals surface area contributed by atoms with Gasteiger partial charge in [-0.25, -0.2) is 0 Å². The number of carbonyl (C=O) groups is 1. The van der Waals surface area contributed by atoms with Crippen LogP contribution in [0, 0.1) is 0 Å². The summed E-state index contributed by atoms with van der Waals surface area (Å²) in [4.78, 5) is 11.8. The lowest BCUT2D eigenvalue weighted by Gasteiger charge is -2.15. The second-order valence-electron chi connectivity index (χ2n) is 3.55. The zero-order valence-electron chi connectivity index (χ0n) is 9.27. The van der Waals surface area contributed by atoms with E-state index in [2.05, 4.69) is 15.9 Å². The first kappa shape index (κ1) is 14.2. The maximum absolute atomic E-state index is 12.8. The maximum Gasteiger partial charge on any atom is 0.417 e. The average Bonchev–Trinajstić information content (AvgIpc) is 2.27. The van der Waals surface area contributed by atoms with Crippen LogP contribution in [0.25, 0.3) is 0 Å². The molecule has 0 fully saturated rings. The molecule has 0 aromatic heterocycles. The van der Waals surface area contributed by atoms with E-state index in [1.165, 1.54) is 6.07 Å². The van der Waals surface area contributed by atoms with E-state index in [0.29, 0.717) is 17.3 Å². The Morgan fingerprint density at radius 1 is 1.35 bits per heavy atom. The Bertz CT molecular complexity index is 413. The van der Waals surface area contributed by atoms with Crippen molar-refractivity contribution in [3.05, 3.63) is 34.9 Å². The van der Waals surface area contributed by atoms with E-state index in [4.69, 9.17) is 0 Å². The molecule has 0 amide bonds. The zero-order chi connectivity index (χ0) is 13.1. The van der Waals surface area contributed by atoms with Crippen molar-refractivity contribution >= 4 is 21.7 Å². The van der Waals surface area contributed by atoms with Crippen LogP contribution in [-0.2, 0) is 12.6 Å². The second-order valence-corrected chi connectivity index (χ2v) is 4.35. The van der Waals surface area contributed by atoms with Crippen molar-refractivity contribution in [2.45, 2.75) is 25.9 Å². The fourth-order valence-corrected chi connectivity index (χ4v) is 2.03. The Labute approximate surface area is 106 Å². The van der Waals surface area contributed by atoms with Crippen LogP contribution in [0.3, 0.4) is 0 Å². The van der Waals surface area contributed by atoms with Gasteiger partial charge in [-0.15, -0.1) is 0 Å². The molecule has 0 radical (unpaired) electrons. The van der Waals surface area contributed by atoms with Gasteiger partial charge in [0.05, 0.1) is 5.56 Å². The highest BCUT2D eigenvalue weighted by Crippen LogP contribution is 2.34. The molecule has 0 saturated carbocycles. The lowest BCUT2D eigenvalue weighted by molar-refractivity contribution is -0.138. The molecule has 0 spiro atoms. The number of Topliss-reactive ketones (excluding diaryl/α,β-unsaturated/α-hetero) is 1. The Morgan fingerprint density at radius 3 is 2.47 bits per heavy atom. The van der Waals surface area contributed by atoms with Gasteiger partial charge in [-0.3, -0.25) is 4.79 Å². The number of hydrogen-bond acceptors (Lipinski definition) is 1. The first-order valence-electron chi connectivity index (χ1n) is 5.20. The van der Waals surface area contributed by atoms with Crippen LogP contribution in [0.2, 0.25) is 0 Å². The minimum Gasteiger partial charge on any atom is -0.294 e. The number of alkyl halides is 4. The van der Waals surface area contributed by atoms with E-state index in [9.17, 15) is 18.0 Å². The molecule has 17 heavy (non-hydrogen) atoms. The molecule has 1 rings (SSSR count). The van der Waals surface area contributed by atoms with Gasteiger partial charge in [0.25, 0.3) is 0 Å². The highest BCUT2D eigenvalue weighted by atomic mass is 79.9. The van der Waals surface area contributed by atoms with Crippen molar-refractivity contribution < 1.29 is 18.0 Å². The third-order valence-corrected chi connectivity index (χ3v) is 2.83. The number of halogens is 4. The average molecular weight is 309 g/mol. The van der Waals surface area contributed by atoms with Gasteiger partial charge < -0.3 is 0 Å². The van der Waals surface area contributed by atoms with Crippen LogP contribution in [0.5, 0.6) is 0 Å². The van der Waals surface area contributed by atoms with Gasteiger partial charge in [0.2, 0.25) is 0 Å². The molecule has 1 aromatic carbocycles. The Morgan fingerprint density at radius 2 is 2.00 bits per heavy atom. The summed E-state index contributed by atoms with van der Waals surface area (Å²) >= 11 is 3.07. The van der Waals surface area contributed by atoms with Crippen molar-refractivity contribution in [3.8, 4) is 0 Å². The number of benzene rings is 1. The van der Waals surface area contributed by atoms with Crippen molar-refractivity contribution in [3.63, 3.8) is 0 Å². The molecule has 0 unspecified atom stereocenters. The molecule has 5 heteroatoms. The third-order valence-electron chi connectivity index (χ3n) is 2.44. The molecule has 94 valence electrons. The summed E-state index contributed by atoms with van der Waals surface area (Å²) in [6, 6.07) is 3.86. The fourth-order valence-electron chi connectivity index (χ4n) is 1.67. The SMILES string of the molecule is CCc1cccc(C(F)(F)F)c1C(=O)CCBr. The first-order chi connectivity index (χ1) is 7.91. The second kappa shape index (κ2) is 5.67. The van der Waals surface area contributed by atoms with E-state index < -0.39 is 17.5 Å². The van der Waals surface area contributed by atoms with Crippen LogP contribution in [-0.4, -0.2) is 11.1 Å². The summed E-state index contributed by atoms with van der Waals surface area (Å²) in [7, 11) is 0. The fraction of sp³-hybridized carbons (Fsp3) is 0.417. The summed E-state index contributed by atoms with van der Waals surface area (Å²) in [5, 5.41) is 0.362. The molecule has 1 nitrogen and oxygen atoms in total. The minimum atomic E-state index is -4.48. The van der Waals surface area contributed by atoms with Gasteiger partial charge in [0.15, 0.2) is 5.78 Å². The quantitative estimate of drug-likeness (QED) is 0.601. The van der Waals surface area contributed by atoms with Crippen molar-refractivity contribution in [1.29, 1.82) is 0 Å². The highest BCUT2D eigenvalue weighted by Gasteiger charge is 2.35. The lowest BCUT2D eigenvalue weighted by Crippen LogP contribution is -2.15. The van der Waals surface area contributed by atoms with Crippen LogP contribution >= 0.6 is 15.9 Å². The summed E-state index contributed by atoms with van der Waals surface area (Å²) < 4.78 is 38.4. The minimum absolute atomic E-state index is 0.0695. The molecule has 0 aliphatic rings. The number of ketones is 1. The number of hydrogen-bond donors (Lipinski definition) is 0. The molecule has 0 bridgehead atoms. The molecule has 0 aliphatic heterocycles. The standard InChI is InChI=1S/C12H12BrF3O/c1-2-8-4-3-5-9(12(14,15)16)11(8)10(17)6-7-13/h3-5H,2,6-7H2,1H3. The number of carbonyl (C=O) groups excluding carboxylic acids is 1. The van der Waals surface area contributed by atoms with Gasteiger partial charge in [-0.2, -0.15) is 13.2 Å². The molecule has 1 aromatic rings. The van der Waals surface area contributed by atoms with Gasteiger partial charge in [-0.1, -0.05) is 35.0 Å². The van der Waals surface area contributed by atoms with Crippen LogP contribution in [0.4, 0.5) is 13.2 Å². The van der Waals surface area contributed by atoms with Gasteiger partial charge in [0, 0.05) is 17.3 Å². The highest BCUT2D eigenvalue weighted by molar-refractivity contribution is 9.09. The van der Waals surface area contributed by atoms with Crippen molar-refractivity contribution in [2.75, 3.05) is 5.33 Å². The summed E-state index contributed by atoms with van der Waals surface area (Å²) in [5.41, 5.74) is -0.560. The molecule has 0 N–H and O–H groups in total. The summed E-state index contributed by atoms with van der Waals surface area (Å²) in [6.45, 7) is 1.74. The number of rotatable bonds is 4. The predicted molar refractivity (Wildman–Crippen MR) is 63.6 cm³/mol. The Balaban J connectivity index is 3.36. The monoisotopic (exact) mass is 308 g/mol. The van der Waals surface area contributed by atoms with Crippen molar-refractivity contribution in [2.24, 2.45) is 0 Å². The van der Waals surface area contributed by atoms with Gasteiger partial charge in [-0.05, 0) is 18.1 Å². The van der Waals surface area contributed by atoms with E-state index in [0.717, 1.165) is 6.07 Å². The van der Waals surface area contributed by atoms with E-state index in [1.807, 2.05) is 0 Å². The van der Waals surface area contributed by atoms with Crippen LogP contribution < -0.4 is 0 Å². The van der Waals surface area contributed by atoms with Gasteiger partial charge >= 0.3 is 6.18 Å². The molecule has 0 heterocycles. The number of aryl methyl sites for hydroxylation is 1. The lowest BCUT2D eigenvalue weighted by atomic mass is 9.94. The summed E-state index contributed by atoms with van der Waals surface area (Å²) in [6.07, 6.45) is -4.00. The smallest absolute Gasteiger partial charge is 0.294 e. The molecular formula is C12H12BrF3O. The molecule has 0 aliphatic carbocycles. The Kier molecular flexibility index (Phi) is 4.74. The van der Waals surface area contributed by atoms with Crippen molar-refractivity contribution in [1.82, 2.24) is 0 Å². The van der Waals surface area contributed by atoms with Crippen LogP contribution in [0.15, 0.2) is 18.2 Å². The third kappa shape index (κ3) is 3.31. The van der Waals surface area contributed by atoms with Gasteiger partial charge in [0.1, 0.15) is 0 Å². The zero-order valence-corrected chi connectivity index (χ0v) is 10.9. The van der Waals surface area contributed by atoms with E-state index in [1.54, 1.807) is 13.0 Å². The molecule has 0 saturated heterocycles. The largest absolute Gasteiger partial charge is 0.417 e. The molecular weight excluding hydrogens is 297 g/mol. The maximum atomic E-state index is 12.8. The predicted octanol–water partition coefficient (Wildman–Crippen LogP) is 4.24. The Hall–Kier alpha value is -0.840. The van der Waals surface area contributed by atoms with E-state index in [-0.39, 0.29) is 12.0 Å².